The van der Waals surface area contributed by atoms with Crippen molar-refractivity contribution in [2.45, 2.75) is 33.8 Å². The molecule has 0 amide bonds. The summed E-state index contributed by atoms with van der Waals surface area (Å²) >= 11 is 0. The van der Waals surface area contributed by atoms with E-state index in [1.807, 2.05) is 13.8 Å². The Morgan fingerprint density at radius 1 is 1.04 bits per heavy atom. The van der Waals surface area contributed by atoms with Gasteiger partial charge in [-0.25, -0.2) is 0 Å². The first-order chi connectivity index (χ1) is 11.7. The Kier molecular flexibility index (Phi) is 4.91. The molecule has 3 aromatic rings. The van der Waals surface area contributed by atoms with E-state index in [1.54, 1.807) is 13.4 Å². The lowest BCUT2D eigenvalue weighted by Gasteiger charge is -2.14. The number of benzene rings is 2. The Balaban J connectivity index is 2.21. The lowest BCUT2D eigenvalue weighted by molar-refractivity contribution is 0.133. The van der Waals surface area contributed by atoms with Gasteiger partial charge in [-0.05, 0) is 42.8 Å². The quantitative estimate of drug-likeness (QED) is 0.598. The molecule has 1 aromatic heterocycles. The van der Waals surface area contributed by atoms with Crippen molar-refractivity contribution in [3.05, 3.63) is 53.3 Å². The van der Waals surface area contributed by atoms with Gasteiger partial charge in [0.15, 0.2) is 0 Å². The fraction of sp³-hybridized carbons (Fsp3) is 0.333. The number of aryl methyl sites for hydroxylation is 2. The molecule has 0 N–H and O–H groups in total. The minimum absolute atomic E-state index is 0.546. The maximum atomic E-state index is 5.87. The first kappa shape index (κ1) is 16.6. The molecule has 24 heavy (non-hydrogen) atoms. The Morgan fingerprint density at radius 3 is 2.58 bits per heavy atom. The number of fused-ring (bicyclic) bond motifs is 1. The van der Waals surface area contributed by atoms with Crippen LogP contribution in [0.25, 0.3) is 22.1 Å². The molecule has 0 bridgehead atoms. The van der Waals surface area contributed by atoms with Gasteiger partial charge in [-0.1, -0.05) is 31.2 Å². The molecule has 0 aliphatic heterocycles. The van der Waals surface area contributed by atoms with Gasteiger partial charge < -0.3 is 13.9 Å². The minimum atomic E-state index is 0.546. The molecule has 0 atom stereocenters. The molecule has 126 valence electrons. The van der Waals surface area contributed by atoms with E-state index < -0.39 is 0 Å². The van der Waals surface area contributed by atoms with E-state index >= 15 is 0 Å². The highest BCUT2D eigenvalue weighted by Crippen LogP contribution is 2.40. The highest BCUT2D eigenvalue weighted by molar-refractivity contribution is 5.96. The van der Waals surface area contributed by atoms with E-state index in [0.29, 0.717) is 13.2 Å². The molecule has 0 radical (unpaired) electrons. The SMILES string of the molecule is CCOCc1c(C)coc1-c1ccc2c(CC)cccc2c1OC. The summed E-state index contributed by atoms with van der Waals surface area (Å²) in [6.07, 6.45) is 2.78. The van der Waals surface area contributed by atoms with Crippen LogP contribution in [0.15, 0.2) is 41.0 Å². The Bertz CT molecular complexity index is 846. The number of methoxy groups -OCH3 is 1. The molecule has 1 heterocycles. The van der Waals surface area contributed by atoms with Crippen molar-refractivity contribution in [2.24, 2.45) is 0 Å². The molecule has 3 rings (SSSR count). The molecule has 0 aliphatic carbocycles. The first-order valence-corrected chi connectivity index (χ1v) is 8.44. The summed E-state index contributed by atoms with van der Waals surface area (Å²) in [6.45, 7) is 7.44. The van der Waals surface area contributed by atoms with Gasteiger partial charge in [-0.2, -0.15) is 0 Å². The van der Waals surface area contributed by atoms with Gasteiger partial charge >= 0.3 is 0 Å². The zero-order valence-corrected chi connectivity index (χ0v) is 14.8. The predicted molar refractivity (Wildman–Crippen MR) is 97.6 cm³/mol. The first-order valence-electron chi connectivity index (χ1n) is 8.44. The van der Waals surface area contributed by atoms with Gasteiger partial charge in [0, 0.05) is 17.6 Å². The van der Waals surface area contributed by atoms with E-state index in [2.05, 4.69) is 37.3 Å². The van der Waals surface area contributed by atoms with Crippen LogP contribution >= 0.6 is 0 Å². The maximum absolute atomic E-state index is 5.87. The topological polar surface area (TPSA) is 31.6 Å². The van der Waals surface area contributed by atoms with Gasteiger partial charge in [0.2, 0.25) is 0 Å². The third kappa shape index (κ3) is 2.80. The van der Waals surface area contributed by atoms with Gasteiger partial charge in [-0.3, -0.25) is 0 Å². The smallest absolute Gasteiger partial charge is 0.143 e. The zero-order chi connectivity index (χ0) is 17.1. The van der Waals surface area contributed by atoms with Crippen molar-refractivity contribution < 1.29 is 13.9 Å². The molecule has 0 spiro atoms. The zero-order valence-electron chi connectivity index (χ0n) is 14.8. The van der Waals surface area contributed by atoms with Crippen LogP contribution in [-0.4, -0.2) is 13.7 Å². The molecule has 3 heteroatoms. The predicted octanol–water partition coefficient (Wildman–Crippen LogP) is 5.52. The molecular weight excluding hydrogens is 300 g/mol. The summed E-state index contributed by atoms with van der Waals surface area (Å²) in [6, 6.07) is 10.6. The Hall–Kier alpha value is -2.26. The summed E-state index contributed by atoms with van der Waals surface area (Å²) in [4.78, 5) is 0. The van der Waals surface area contributed by atoms with Gasteiger partial charge in [-0.15, -0.1) is 0 Å². The third-order valence-corrected chi connectivity index (χ3v) is 4.49. The Labute approximate surface area is 143 Å². The van der Waals surface area contributed by atoms with Crippen LogP contribution in [0, 0.1) is 6.92 Å². The third-order valence-electron chi connectivity index (χ3n) is 4.49. The van der Waals surface area contributed by atoms with E-state index in [-0.39, 0.29) is 0 Å². The molecule has 2 aromatic carbocycles. The highest BCUT2D eigenvalue weighted by Gasteiger charge is 2.19. The van der Waals surface area contributed by atoms with Gasteiger partial charge in [0.1, 0.15) is 11.5 Å². The average molecular weight is 324 g/mol. The second-order valence-electron chi connectivity index (χ2n) is 5.88. The van der Waals surface area contributed by atoms with Crippen molar-refractivity contribution in [1.82, 2.24) is 0 Å². The molecule has 0 saturated heterocycles. The average Bonchev–Trinajstić information content (AvgIpc) is 2.98. The standard InChI is InChI=1S/C21H24O3/c1-5-15-8-7-9-17-16(15)10-11-18(20(17)22-4)21-19(13-23-6-2)14(3)12-24-21/h7-12H,5-6,13H2,1-4H3. The van der Waals surface area contributed by atoms with Crippen LogP contribution in [0.5, 0.6) is 5.75 Å². The summed E-state index contributed by atoms with van der Waals surface area (Å²) in [5.74, 6) is 1.69. The summed E-state index contributed by atoms with van der Waals surface area (Å²) in [5, 5.41) is 2.35. The second kappa shape index (κ2) is 7.10. The van der Waals surface area contributed by atoms with Crippen molar-refractivity contribution >= 4 is 10.8 Å². The number of hydrogen-bond donors (Lipinski definition) is 0. The van der Waals surface area contributed by atoms with E-state index in [0.717, 1.165) is 40.0 Å². The van der Waals surface area contributed by atoms with E-state index in [9.17, 15) is 0 Å². The monoisotopic (exact) mass is 324 g/mol. The van der Waals surface area contributed by atoms with Crippen LogP contribution < -0.4 is 4.74 Å². The second-order valence-corrected chi connectivity index (χ2v) is 5.88. The van der Waals surface area contributed by atoms with Crippen molar-refractivity contribution in [2.75, 3.05) is 13.7 Å². The van der Waals surface area contributed by atoms with Crippen molar-refractivity contribution in [1.29, 1.82) is 0 Å². The molecule has 0 unspecified atom stereocenters. The largest absolute Gasteiger partial charge is 0.495 e. The minimum Gasteiger partial charge on any atom is -0.495 e. The molecule has 0 aliphatic rings. The Morgan fingerprint density at radius 2 is 1.88 bits per heavy atom. The van der Waals surface area contributed by atoms with Crippen LogP contribution in [0.1, 0.15) is 30.5 Å². The fourth-order valence-corrected chi connectivity index (χ4v) is 3.18. The van der Waals surface area contributed by atoms with Crippen molar-refractivity contribution in [3.8, 4) is 17.1 Å². The van der Waals surface area contributed by atoms with Gasteiger partial charge in [0.05, 0.1) is 25.5 Å². The number of furan rings is 1. The van der Waals surface area contributed by atoms with Crippen molar-refractivity contribution in [3.63, 3.8) is 0 Å². The molecule has 0 saturated carbocycles. The number of ether oxygens (including phenoxy) is 2. The lowest BCUT2D eigenvalue weighted by atomic mass is 9.97. The summed E-state index contributed by atoms with van der Waals surface area (Å²) < 4.78 is 17.3. The summed E-state index contributed by atoms with van der Waals surface area (Å²) in [7, 11) is 1.72. The fourth-order valence-electron chi connectivity index (χ4n) is 3.18. The van der Waals surface area contributed by atoms with Crippen LogP contribution in [0.3, 0.4) is 0 Å². The molecule has 0 fully saturated rings. The highest BCUT2D eigenvalue weighted by atomic mass is 16.5. The molecule has 3 nitrogen and oxygen atoms in total. The van der Waals surface area contributed by atoms with Crippen LogP contribution in [0.2, 0.25) is 0 Å². The van der Waals surface area contributed by atoms with Gasteiger partial charge in [0.25, 0.3) is 0 Å². The molecular formula is C21H24O3. The van der Waals surface area contributed by atoms with E-state index in [1.165, 1.54) is 10.9 Å². The maximum Gasteiger partial charge on any atom is 0.143 e. The van der Waals surface area contributed by atoms with Crippen LogP contribution in [0.4, 0.5) is 0 Å². The number of hydrogen-bond acceptors (Lipinski definition) is 3. The number of rotatable bonds is 6. The normalized spacial score (nSPS) is 11.2. The lowest BCUT2D eigenvalue weighted by Crippen LogP contribution is -1.96. The summed E-state index contributed by atoms with van der Waals surface area (Å²) in [5.41, 5.74) is 4.48. The van der Waals surface area contributed by atoms with Crippen LogP contribution in [-0.2, 0) is 17.8 Å². The van der Waals surface area contributed by atoms with E-state index in [4.69, 9.17) is 13.9 Å².